The molecule has 2 amide bonds. The van der Waals surface area contributed by atoms with Crippen LogP contribution < -0.4 is 16.0 Å². The Balaban J connectivity index is 0. The first-order valence-electron chi connectivity index (χ1n) is 12.3. The molecule has 1 aliphatic heterocycles. The first-order chi connectivity index (χ1) is 16.5. The number of amides is 2. The standard InChI is InChI=1S/C15H29N3O3.C8H8F2.C2H6.CH4O/c1-11(18-14(20)21-15(2,3)4)8-10-16-12-7-5-6-9-17-13(12)19;1-6-2-3-7(9)5-8(10)4-6;2*1-2/h11-12,16H,5-10H2,1-4H3,(H,17,19)(H,18,20);2-5,7H,1H3;1-2H3;2H,1H3. The molecule has 3 unspecified atom stereocenters. The molecule has 3 atom stereocenters. The third-order valence-electron chi connectivity index (χ3n) is 4.49. The summed E-state index contributed by atoms with van der Waals surface area (Å²) in [6.45, 7) is 14.6. The topological polar surface area (TPSA) is 99.7 Å². The Bertz CT molecular complexity index is 689. The molecule has 35 heavy (non-hydrogen) atoms. The van der Waals surface area contributed by atoms with Gasteiger partial charge in [0.2, 0.25) is 5.91 Å². The Morgan fingerprint density at radius 3 is 2.51 bits per heavy atom. The maximum atomic E-state index is 12.4. The average molecular weight is 504 g/mol. The number of alkyl halides is 1. The predicted octanol–water partition coefficient (Wildman–Crippen LogP) is 4.88. The van der Waals surface area contributed by atoms with E-state index in [2.05, 4.69) is 16.0 Å². The highest BCUT2D eigenvalue weighted by Crippen LogP contribution is 2.13. The number of hydrogen-bond donors (Lipinski definition) is 4. The lowest BCUT2D eigenvalue weighted by molar-refractivity contribution is -0.122. The zero-order chi connectivity index (χ0) is 27.4. The van der Waals surface area contributed by atoms with E-state index in [1.165, 1.54) is 12.2 Å². The van der Waals surface area contributed by atoms with Crippen molar-refractivity contribution in [2.45, 2.75) is 98.0 Å². The second-order valence-corrected chi connectivity index (χ2v) is 8.87. The number of alkyl carbamates (subject to hydrolysis) is 1. The summed E-state index contributed by atoms with van der Waals surface area (Å²) in [7, 11) is 1.00. The van der Waals surface area contributed by atoms with Gasteiger partial charge >= 0.3 is 6.09 Å². The summed E-state index contributed by atoms with van der Waals surface area (Å²) in [5, 5.41) is 16.0. The number of halogens is 2. The van der Waals surface area contributed by atoms with Crippen molar-refractivity contribution in [3.8, 4) is 0 Å². The van der Waals surface area contributed by atoms with Crippen molar-refractivity contribution >= 4 is 12.0 Å². The van der Waals surface area contributed by atoms with Gasteiger partial charge in [-0.3, -0.25) is 4.79 Å². The molecule has 204 valence electrons. The normalized spacial score (nSPS) is 20.3. The minimum atomic E-state index is -1.28. The fraction of sp³-hybridized carbons (Fsp3) is 0.692. The zero-order valence-electron chi connectivity index (χ0n) is 22.7. The van der Waals surface area contributed by atoms with Crippen LogP contribution in [0.2, 0.25) is 0 Å². The van der Waals surface area contributed by atoms with Gasteiger partial charge in [-0.05, 0) is 90.6 Å². The minimum Gasteiger partial charge on any atom is -0.444 e. The number of aliphatic hydroxyl groups is 1. The quantitative estimate of drug-likeness (QED) is 0.429. The average Bonchev–Trinajstić information content (AvgIpc) is 3.06. The Hall–Kier alpha value is -2.26. The van der Waals surface area contributed by atoms with Crippen molar-refractivity contribution in [3.63, 3.8) is 0 Å². The number of ether oxygens (including phenoxy) is 1. The van der Waals surface area contributed by atoms with Gasteiger partial charge in [0.05, 0.1) is 6.04 Å². The highest BCUT2D eigenvalue weighted by atomic mass is 19.1. The smallest absolute Gasteiger partial charge is 0.407 e. The maximum absolute atomic E-state index is 12.4. The summed E-state index contributed by atoms with van der Waals surface area (Å²) in [6, 6.07) is -0.109. The number of carbonyl (C=O) groups is 2. The van der Waals surface area contributed by atoms with Crippen molar-refractivity contribution in [2.75, 3.05) is 20.2 Å². The second-order valence-electron chi connectivity index (χ2n) is 8.87. The van der Waals surface area contributed by atoms with Gasteiger partial charge in [0.1, 0.15) is 17.6 Å². The van der Waals surface area contributed by atoms with Gasteiger partial charge in [0.25, 0.3) is 0 Å². The summed E-state index contributed by atoms with van der Waals surface area (Å²) < 4.78 is 30.1. The van der Waals surface area contributed by atoms with E-state index in [1.807, 2.05) is 41.5 Å². The number of hydrogen-bond acceptors (Lipinski definition) is 5. The summed E-state index contributed by atoms with van der Waals surface area (Å²) in [6.07, 6.45) is 7.16. The lowest BCUT2D eigenvalue weighted by Crippen LogP contribution is -2.45. The molecular formula is C26H47F2N3O4. The van der Waals surface area contributed by atoms with Crippen LogP contribution >= 0.6 is 0 Å². The second kappa shape index (κ2) is 20.0. The highest BCUT2D eigenvalue weighted by Gasteiger charge is 2.21. The molecule has 9 heteroatoms. The SMILES string of the molecule is CC.CC(CCNC1CCCCNC1=O)NC(=O)OC(C)(C)C.CC1=CC(F)=CC(F)C=C1.CO. The molecule has 0 bridgehead atoms. The summed E-state index contributed by atoms with van der Waals surface area (Å²) >= 11 is 0. The molecule has 0 aromatic rings. The van der Waals surface area contributed by atoms with Gasteiger partial charge in [0.15, 0.2) is 0 Å². The van der Waals surface area contributed by atoms with Crippen LogP contribution in [0.4, 0.5) is 13.6 Å². The molecule has 7 nitrogen and oxygen atoms in total. The van der Waals surface area contributed by atoms with Crippen LogP contribution in [0.5, 0.6) is 0 Å². The van der Waals surface area contributed by atoms with Gasteiger partial charge in [0, 0.05) is 19.7 Å². The van der Waals surface area contributed by atoms with Crippen molar-refractivity contribution in [1.29, 1.82) is 0 Å². The molecular weight excluding hydrogens is 456 g/mol. The molecule has 1 fully saturated rings. The molecule has 2 rings (SSSR count). The fourth-order valence-corrected chi connectivity index (χ4v) is 2.95. The van der Waals surface area contributed by atoms with E-state index in [0.29, 0.717) is 6.54 Å². The highest BCUT2D eigenvalue weighted by molar-refractivity contribution is 5.81. The third-order valence-corrected chi connectivity index (χ3v) is 4.49. The third kappa shape index (κ3) is 19.7. The predicted molar refractivity (Wildman–Crippen MR) is 139 cm³/mol. The molecule has 1 saturated heterocycles. The minimum absolute atomic E-state index is 0.00110. The Kier molecular flexibility index (Phi) is 19.9. The monoisotopic (exact) mass is 503 g/mol. The maximum Gasteiger partial charge on any atom is 0.407 e. The van der Waals surface area contributed by atoms with Crippen LogP contribution in [-0.4, -0.2) is 61.2 Å². The van der Waals surface area contributed by atoms with Gasteiger partial charge in [-0.1, -0.05) is 19.9 Å². The Morgan fingerprint density at radius 1 is 1.29 bits per heavy atom. The number of nitrogens with one attached hydrogen (secondary N) is 3. The van der Waals surface area contributed by atoms with E-state index in [0.717, 1.165) is 51.0 Å². The van der Waals surface area contributed by atoms with Crippen LogP contribution in [0.25, 0.3) is 0 Å². The van der Waals surface area contributed by atoms with Gasteiger partial charge in [-0.15, -0.1) is 0 Å². The molecule has 0 aromatic heterocycles. The van der Waals surface area contributed by atoms with Gasteiger partial charge in [-0.2, -0.15) is 0 Å². The van der Waals surface area contributed by atoms with Crippen molar-refractivity contribution < 1.29 is 28.2 Å². The van der Waals surface area contributed by atoms with Crippen LogP contribution in [0.3, 0.4) is 0 Å². The lowest BCUT2D eigenvalue weighted by atomic mass is 10.1. The van der Waals surface area contributed by atoms with Crippen LogP contribution in [0.1, 0.15) is 74.1 Å². The Labute approximate surface area is 210 Å². The van der Waals surface area contributed by atoms with Gasteiger partial charge < -0.3 is 25.8 Å². The molecule has 0 radical (unpaired) electrons. The van der Waals surface area contributed by atoms with E-state index in [-0.39, 0.29) is 18.0 Å². The lowest BCUT2D eigenvalue weighted by Gasteiger charge is -2.22. The fourth-order valence-electron chi connectivity index (χ4n) is 2.95. The molecule has 0 aromatic carbocycles. The van der Waals surface area contributed by atoms with E-state index >= 15 is 0 Å². The first-order valence-corrected chi connectivity index (χ1v) is 12.3. The van der Waals surface area contributed by atoms with Crippen molar-refractivity contribution in [3.05, 3.63) is 35.7 Å². The first kappa shape index (κ1) is 34.9. The van der Waals surface area contributed by atoms with Crippen LogP contribution in [-0.2, 0) is 9.53 Å². The van der Waals surface area contributed by atoms with E-state index in [4.69, 9.17) is 9.84 Å². The van der Waals surface area contributed by atoms with Crippen LogP contribution in [0, 0.1) is 0 Å². The van der Waals surface area contributed by atoms with Crippen molar-refractivity contribution in [1.82, 2.24) is 16.0 Å². The molecule has 2 aliphatic rings. The van der Waals surface area contributed by atoms with E-state index in [1.54, 1.807) is 13.0 Å². The number of carbonyl (C=O) groups excluding carboxylic acids is 2. The van der Waals surface area contributed by atoms with Gasteiger partial charge in [-0.25, -0.2) is 13.6 Å². The summed E-state index contributed by atoms with van der Waals surface area (Å²) in [5.41, 5.74) is 0.245. The molecule has 1 aliphatic carbocycles. The van der Waals surface area contributed by atoms with E-state index < -0.39 is 23.7 Å². The Morgan fingerprint density at radius 2 is 1.91 bits per heavy atom. The number of rotatable bonds is 5. The number of allylic oxidation sites excluding steroid dienone is 6. The van der Waals surface area contributed by atoms with E-state index in [9.17, 15) is 18.4 Å². The summed E-state index contributed by atoms with van der Waals surface area (Å²) in [5.74, 6) is -0.421. The number of aliphatic hydroxyl groups excluding tert-OH is 1. The largest absolute Gasteiger partial charge is 0.444 e. The molecule has 0 saturated carbocycles. The molecule has 4 N–H and O–H groups in total. The van der Waals surface area contributed by atoms with Crippen molar-refractivity contribution in [2.24, 2.45) is 0 Å². The molecule has 0 spiro atoms. The molecule has 1 heterocycles. The van der Waals surface area contributed by atoms with Crippen LogP contribution in [0.15, 0.2) is 35.7 Å². The summed E-state index contributed by atoms with van der Waals surface area (Å²) in [4.78, 5) is 23.4. The zero-order valence-corrected chi connectivity index (χ0v) is 22.7.